The molecule has 0 aliphatic rings. The normalized spacial score (nSPS) is 11.6. The maximum atomic E-state index is 11.5. The molecular weight excluding hydrogens is 254 g/mol. The molecule has 0 aromatic carbocycles. The monoisotopic (exact) mass is 269 g/mol. The van der Waals surface area contributed by atoms with Gasteiger partial charge in [0.05, 0.1) is 6.20 Å². The molecule has 19 heavy (non-hydrogen) atoms. The smallest absolute Gasteiger partial charge is 0.326 e. The number of carboxylic acids is 1. The minimum absolute atomic E-state index is 0.0518. The molecule has 1 aromatic rings. The molecule has 0 aliphatic heterocycles. The van der Waals surface area contributed by atoms with Crippen LogP contribution >= 0.6 is 0 Å². The van der Waals surface area contributed by atoms with Crippen molar-refractivity contribution in [2.24, 2.45) is 5.73 Å². The van der Waals surface area contributed by atoms with Gasteiger partial charge < -0.3 is 21.5 Å². The van der Waals surface area contributed by atoms with Gasteiger partial charge in [-0.3, -0.25) is 9.89 Å². The van der Waals surface area contributed by atoms with Gasteiger partial charge in [-0.1, -0.05) is 0 Å². The van der Waals surface area contributed by atoms with Gasteiger partial charge in [-0.25, -0.2) is 9.59 Å². The van der Waals surface area contributed by atoms with E-state index < -0.39 is 23.9 Å². The van der Waals surface area contributed by atoms with Gasteiger partial charge in [0, 0.05) is 24.7 Å². The van der Waals surface area contributed by atoms with E-state index >= 15 is 0 Å². The SMILES string of the molecule is NC(=O)CC[C@H](NC(=O)NCc1cn[nH]c1)C(=O)O. The maximum Gasteiger partial charge on any atom is 0.326 e. The zero-order valence-corrected chi connectivity index (χ0v) is 10.0. The van der Waals surface area contributed by atoms with Gasteiger partial charge in [-0.15, -0.1) is 0 Å². The molecule has 1 heterocycles. The zero-order valence-electron chi connectivity index (χ0n) is 10.0. The zero-order chi connectivity index (χ0) is 14.3. The summed E-state index contributed by atoms with van der Waals surface area (Å²) in [6, 6.07) is -1.80. The molecule has 0 fully saturated rings. The van der Waals surface area contributed by atoms with Gasteiger partial charge in [-0.05, 0) is 6.42 Å². The lowest BCUT2D eigenvalue weighted by atomic mass is 10.1. The number of nitrogens with one attached hydrogen (secondary N) is 3. The van der Waals surface area contributed by atoms with E-state index in [0.29, 0.717) is 0 Å². The third-order valence-electron chi connectivity index (χ3n) is 2.29. The molecule has 6 N–H and O–H groups in total. The van der Waals surface area contributed by atoms with Crippen LogP contribution in [0.3, 0.4) is 0 Å². The van der Waals surface area contributed by atoms with Crippen molar-refractivity contribution in [1.82, 2.24) is 20.8 Å². The largest absolute Gasteiger partial charge is 0.480 e. The van der Waals surface area contributed by atoms with Crippen molar-refractivity contribution in [2.75, 3.05) is 0 Å². The predicted octanol–water partition coefficient (Wildman–Crippen LogP) is -1.07. The third-order valence-corrected chi connectivity index (χ3v) is 2.29. The Morgan fingerprint density at radius 3 is 2.74 bits per heavy atom. The summed E-state index contributed by atoms with van der Waals surface area (Å²) in [5, 5.41) is 19.9. The molecule has 0 bridgehead atoms. The van der Waals surface area contributed by atoms with E-state index in [9.17, 15) is 14.4 Å². The van der Waals surface area contributed by atoms with Crippen LogP contribution in [-0.4, -0.2) is 39.3 Å². The van der Waals surface area contributed by atoms with Crippen LogP contribution in [0.1, 0.15) is 18.4 Å². The fourth-order valence-corrected chi connectivity index (χ4v) is 1.31. The van der Waals surface area contributed by atoms with Crippen LogP contribution in [0.4, 0.5) is 4.79 Å². The first-order chi connectivity index (χ1) is 8.99. The number of aliphatic carboxylic acids is 1. The lowest BCUT2D eigenvalue weighted by Crippen LogP contribution is -2.46. The topological polar surface area (TPSA) is 150 Å². The second kappa shape index (κ2) is 6.99. The summed E-state index contributed by atoms with van der Waals surface area (Å²) in [4.78, 5) is 32.9. The van der Waals surface area contributed by atoms with E-state index in [-0.39, 0.29) is 19.4 Å². The number of nitrogens with two attached hydrogens (primary N) is 1. The van der Waals surface area contributed by atoms with Crippen molar-refractivity contribution < 1.29 is 19.5 Å². The lowest BCUT2D eigenvalue weighted by Gasteiger charge is -2.14. The van der Waals surface area contributed by atoms with Crippen LogP contribution in [0.2, 0.25) is 0 Å². The van der Waals surface area contributed by atoms with Crippen molar-refractivity contribution in [1.29, 1.82) is 0 Å². The number of carbonyl (C=O) groups excluding carboxylic acids is 2. The number of hydrogen-bond acceptors (Lipinski definition) is 4. The highest BCUT2D eigenvalue weighted by Gasteiger charge is 2.20. The van der Waals surface area contributed by atoms with Crippen molar-refractivity contribution in [2.45, 2.75) is 25.4 Å². The van der Waals surface area contributed by atoms with Gasteiger partial charge in [-0.2, -0.15) is 5.10 Å². The van der Waals surface area contributed by atoms with E-state index in [1.165, 1.54) is 6.20 Å². The second-order valence-corrected chi connectivity index (χ2v) is 3.83. The van der Waals surface area contributed by atoms with Crippen LogP contribution in [0.5, 0.6) is 0 Å². The highest BCUT2D eigenvalue weighted by Crippen LogP contribution is 1.98. The highest BCUT2D eigenvalue weighted by atomic mass is 16.4. The summed E-state index contributed by atoms with van der Waals surface area (Å²) in [6.45, 7) is 0.213. The van der Waals surface area contributed by atoms with Crippen LogP contribution in [-0.2, 0) is 16.1 Å². The number of carbonyl (C=O) groups is 3. The molecule has 0 radical (unpaired) electrons. The summed E-state index contributed by atoms with van der Waals surface area (Å²) < 4.78 is 0. The van der Waals surface area contributed by atoms with Crippen LogP contribution in [0.15, 0.2) is 12.4 Å². The average molecular weight is 269 g/mol. The number of aromatic nitrogens is 2. The summed E-state index contributed by atoms with van der Waals surface area (Å²) in [7, 11) is 0. The second-order valence-electron chi connectivity index (χ2n) is 3.83. The Kier molecular flexibility index (Phi) is 5.33. The summed E-state index contributed by atoms with van der Waals surface area (Å²) in [6.07, 6.45) is 2.97. The van der Waals surface area contributed by atoms with Crippen LogP contribution in [0.25, 0.3) is 0 Å². The Morgan fingerprint density at radius 2 is 2.21 bits per heavy atom. The van der Waals surface area contributed by atoms with Gasteiger partial charge in [0.15, 0.2) is 0 Å². The molecule has 3 amide bonds. The number of nitrogens with zero attached hydrogens (tertiary/aromatic N) is 1. The summed E-state index contributed by atoms with van der Waals surface area (Å²) in [5.41, 5.74) is 5.67. The van der Waals surface area contributed by atoms with Crippen molar-refractivity contribution in [3.63, 3.8) is 0 Å². The molecule has 0 saturated carbocycles. The molecule has 1 rings (SSSR count). The quantitative estimate of drug-likeness (QED) is 0.427. The predicted molar refractivity (Wildman–Crippen MR) is 63.8 cm³/mol. The van der Waals surface area contributed by atoms with Gasteiger partial charge >= 0.3 is 12.0 Å². The Morgan fingerprint density at radius 1 is 1.47 bits per heavy atom. The first-order valence-corrected chi connectivity index (χ1v) is 5.52. The fourth-order valence-electron chi connectivity index (χ4n) is 1.31. The van der Waals surface area contributed by atoms with Gasteiger partial charge in [0.1, 0.15) is 6.04 Å². The van der Waals surface area contributed by atoms with E-state index in [1.807, 2.05) is 0 Å². The number of rotatable bonds is 7. The molecule has 9 nitrogen and oxygen atoms in total. The Hall–Kier alpha value is -2.58. The standard InChI is InChI=1S/C10H15N5O4/c11-8(16)2-1-7(9(17)18)15-10(19)12-3-6-4-13-14-5-6/h4-5,7H,1-3H2,(H2,11,16)(H,13,14)(H,17,18)(H2,12,15,19)/t7-/m0/s1. The highest BCUT2D eigenvalue weighted by molar-refractivity contribution is 5.83. The first-order valence-electron chi connectivity index (χ1n) is 5.52. The number of carboxylic acid groups (broad SMARTS) is 1. The molecule has 104 valence electrons. The Balaban J connectivity index is 2.38. The van der Waals surface area contributed by atoms with Crippen LogP contribution in [0, 0.1) is 0 Å². The van der Waals surface area contributed by atoms with E-state index in [0.717, 1.165) is 5.56 Å². The average Bonchev–Trinajstić information content (AvgIpc) is 2.84. The Labute approximate surface area is 108 Å². The van der Waals surface area contributed by atoms with E-state index in [2.05, 4.69) is 20.8 Å². The molecule has 0 spiro atoms. The number of urea groups is 1. The maximum absolute atomic E-state index is 11.5. The Bertz CT molecular complexity index is 445. The number of primary amides is 1. The molecule has 1 aromatic heterocycles. The van der Waals surface area contributed by atoms with E-state index in [1.54, 1.807) is 6.20 Å². The van der Waals surface area contributed by atoms with Crippen molar-refractivity contribution >= 4 is 17.9 Å². The lowest BCUT2D eigenvalue weighted by molar-refractivity contribution is -0.139. The molecule has 0 saturated heterocycles. The minimum Gasteiger partial charge on any atom is -0.480 e. The van der Waals surface area contributed by atoms with Crippen molar-refractivity contribution in [3.05, 3.63) is 18.0 Å². The van der Waals surface area contributed by atoms with Crippen molar-refractivity contribution in [3.8, 4) is 0 Å². The number of H-pyrrole nitrogens is 1. The van der Waals surface area contributed by atoms with Crippen LogP contribution < -0.4 is 16.4 Å². The molecular formula is C10H15N5O4. The molecule has 0 aliphatic carbocycles. The molecule has 1 atom stereocenters. The molecule has 0 unspecified atom stereocenters. The fraction of sp³-hybridized carbons (Fsp3) is 0.400. The summed E-state index contributed by atoms with van der Waals surface area (Å²) >= 11 is 0. The number of hydrogen-bond donors (Lipinski definition) is 5. The minimum atomic E-state index is -1.22. The first kappa shape index (κ1) is 14.5. The summed E-state index contributed by atoms with van der Waals surface area (Å²) in [5.74, 6) is -1.84. The van der Waals surface area contributed by atoms with Gasteiger partial charge in [0.25, 0.3) is 0 Å². The number of amides is 3. The number of aromatic amines is 1. The third kappa shape index (κ3) is 5.52. The molecule has 9 heteroatoms. The van der Waals surface area contributed by atoms with Gasteiger partial charge in [0.2, 0.25) is 5.91 Å². The van der Waals surface area contributed by atoms with E-state index in [4.69, 9.17) is 10.8 Å².